The third-order valence-electron chi connectivity index (χ3n) is 1.59. The summed E-state index contributed by atoms with van der Waals surface area (Å²) in [5.41, 5.74) is 0. The largest absolute Gasteiger partial charge is 0.357 e. The molecule has 14 heavy (non-hydrogen) atoms. The van der Waals surface area contributed by atoms with E-state index in [1.807, 2.05) is 18.2 Å². The molecule has 0 radical (unpaired) electrons. The molecule has 72 valence electrons. The van der Waals surface area contributed by atoms with Crippen molar-refractivity contribution in [3.63, 3.8) is 0 Å². The van der Waals surface area contributed by atoms with Gasteiger partial charge in [0.25, 0.3) is 0 Å². The van der Waals surface area contributed by atoms with Gasteiger partial charge >= 0.3 is 0 Å². The Morgan fingerprint density at radius 1 is 1.21 bits per heavy atom. The lowest BCUT2D eigenvalue weighted by Gasteiger charge is -2.06. The van der Waals surface area contributed by atoms with E-state index < -0.39 is 0 Å². The Balaban J connectivity index is 2.29. The Kier molecular flexibility index (Phi) is 2.88. The number of rotatable bonds is 2. The minimum Gasteiger partial charge on any atom is -0.357 e. The fourth-order valence-electron chi connectivity index (χ4n) is 0.964. The maximum Gasteiger partial charge on any atom is 0.173 e. The van der Waals surface area contributed by atoms with Crippen molar-refractivity contribution >= 4 is 31.9 Å². The topological polar surface area (TPSA) is 27.1 Å². The summed E-state index contributed by atoms with van der Waals surface area (Å²) in [6.07, 6.45) is 3.39. The van der Waals surface area contributed by atoms with Gasteiger partial charge in [0.15, 0.2) is 5.75 Å². The van der Waals surface area contributed by atoms with E-state index >= 15 is 0 Å². The molecule has 0 bridgehead atoms. The van der Waals surface area contributed by atoms with Crippen LogP contribution in [0.5, 0.6) is 5.75 Å². The van der Waals surface area contributed by atoms with Crippen molar-refractivity contribution < 1.29 is 4.84 Å². The van der Waals surface area contributed by atoms with Gasteiger partial charge in [-0.3, -0.25) is 0 Å². The summed E-state index contributed by atoms with van der Waals surface area (Å²) < 4.78 is 1.82. The van der Waals surface area contributed by atoms with Gasteiger partial charge in [-0.15, -0.1) is 9.94 Å². The van der Waals surface area contributed by atoms with Gasteiger partial charge in [-0.1, -0.05) is 6.07 Å². The number of benzene rings is 1. The van der Waals surface area contributed by atoms with Crippen molar-refractivity contribution in [3.05, 3.63) is 45.6 Å². The molecule has 1 aromatic heterocycles. The molecule has 0 aliphatic rings. The summed E-state index contributed by atoms with van der Waals surface area (Å²) in [5.74, 6) is 0.711. The molecule has 2 rings (SSSR count). The van der Waals surface area contributed by atoms with E-state index in [1.165, 1.54) is 4.85 Å². The molecule has 0 unspecified atom stereocenters. The molecule has 0 saturated heterocycles. The molecule has 0 spiro atoms. The molecule has 5 heteroatoms. The molecule has 1 heterocycles. The average molecular weight is 318 g/mol. The summed E-state index contributed by atoms with van der Waals surface area (Å²) in [7, 11) is 0. The van der Waals surface area contributed by atoms with E-state index in [0.29, 0.717) is 5.75 Å². The summed E-state index contributed by atoms with van der Waals surface area (Å²) in [4.78, 5) is 6.85. The summed E-state index contributed by atoms with van der Waals surface area (Å²) in [6, 6.07) is 7.48. The van der Waals surface area contributed by atoms with E-state index in [1.54, 1.807) is 18.5 Å². The minimum absolute atomic E-state index is 0.711. The van der Waals surface area contributed by atoms with Crippen LogP contribution < -0.4 is 4.84 Å². The van der Waals surface area contributed by atoms with E-state index in [-0.39, 0.29) is 0 Å². The Morgan fingerprint density at radius 3 is 2.79 bits per heavy atom. The zero-order valence-corrected chi connectivity index (χ0v) is 10.2. The van der Waals surface area contributed by atoms with Gasteiger partial charge in [-0.05, 0) is 50.1 Å². The molecule has 0 aliphatic carbocycles. The monoisotopic (exact) mass is 316 g/mol. The lowest BCUT2D eigenvalue weighted by atomic mass is 10.3. The number of halogens is 2. The maximum absolute atomic E-state index is 5.46. The van der Waals surface area contributed by atoms with Crippen molar-refractivity contribution in [2.24, 2.45) is 0 Å². The SMILES string of the molecule is Brc1cccc(On2cccn2)c1Br. The van der Waals surface area contributed by atoms with Crippen molar-refractivity contribution in [2.45, 2.75) is 0 Å². The molecule has 0 saturated carbocycles. The zero-order chi connectivity index (χ0) is 9.97. The standard InChI is InChI=1S/C9H6Br2N2O/c10-7-3-1-4-8(9(7)11)14-13-6-2-5-12-13/h1-6H. The first-order valence-corrected chi connectivity index (χ1v) is 5.48. The van der Waals surface area contributed by atoms with Crippen LogP contribution in [0.2, 0.25) is 0 Å². The second-order valence-corrected chi connectivity index (χ2v) is 4.20. The van der Waals surface area contributed by atoms with Crippen LogP contribution >= 0.6 is 31.9 Å². The fraction of sp³-hybridized carbons (Fsp3) is 0. The average Bonchev–Trinajstić information content (AvgIpc) is 2.66. The molecule has 0 aliphatic heterocycles. The van der Waals surface area contributed by atoms with Gasteiger partial charge in [-0.25, -0.2) is 0 Å². The molecule has 3 nitrogen and oxygen atoms in total. The predicted octanol–water partition coefficient (Wildman–Crippen LogP) is 3.25. The van der Waals surface area contributed by atoms with Crippen LogP contribution in [-0.2, 0) is 0 Å². The van der Waals surface area contributed by atoms with Gasteiger partial charge in [0, 0.05) is 4.47 Å². The van der Waals surface area contributed by atoms with Gasteiger partial charge in [0.1, 0.15) is 0 Å². The second-order valence-electron chi connectivity index (χ2n) is 2.55. The van der Waals surface area contributed by atoms with Gasteiger partial charge in [0.2, 0.25) is 0 Å². The van der Waals surface area contributed by atoms with Crippen LogP contribution in [0, 0.1) is 0 Å². The molecule has 1 aromatic carbocycles. The smallest absolute Gasteiger partial charge is 0.173 e. The summed E-state index contributed by atoms with van der Waals surface area (Å²) in [5, 5.41) is 3.94. The first-order chi connectivity index (χ1) is 6.77. The van der Waals surface area contributed by atoms with Crippen molar-refractivity contribution in [2.75, 3.05) is 0 Å². The third kappa shape index (κ3) is 1.99. The van der Waals surface area contributed by atoms with E-state index in [2.05, 4.69) is 37.0 Å². The van der Waals surface area contributed by atoms with Crippen LogP contribution in [0.4, 0.5) is 0 Å². The number of nitrogens with zero attached hydrogens (tertiary/aromatic N) is 2. The van der Waals surface area contributed by atoms with Gasteiger partial charge in [0.05, 0.1) is 16.9 Å². The Bertz CT molecular complexity index is 428. The molecular formula is C9H6Br2N2O. The lowest BCUT2D eigenvalue weighted by Crippen LogP contribution is -2.05. The van der Waals surface area contributed by atoms with Crippen LogP contribution in [0.3, 0.4) is 0 Å². The number of hydrogen-bond acceptors (Lipinski definition) is 2. The summed E-state index contributed by atoms with van der Waals surface area (Å²) >= 11 is 6.81. The van der Waals surface area contributed by atoms with Gasteiger partial charge < -0.3 is 4.84 Å². The molecule has 0 N–H and O–H groups in total. The highest BCUT2D eigenvalue weighted by molar-refractivity contribution is 9.13. The quantitative estimate of drug-likeness (QED) is 0.850. The van der Waals surface area contributed by atoms with Crippen LogP contribution in [0.25, 0.3) is 0 Å². The highest BCUT2D eigenvalue weighted by Crippen LogP contribution is 2.32. The summed E-state index contributed by atoms with van der Waals surface area (Å²) in [6.45, 7) is 0. The molecular weight excluding hydrogens is 312 g/mol. The molecule has 0 amide bonds. The Morgan fingerprint density at radius 2 is 2.07 bits per heavy atom. The van der Waals surface area contributed by atoms with E-state index in [9.17, 15) is 0 Å². The highest BCUT2D eigenvalue weighted by atomic mass is 79.9. The van der Waals surface area contributed by atoms with Crippen molar-refractivity contribution in [1.82, 2.24) is 9.94 Å². The lowest BCUT2D eigenvalue weighted by molar-refractivity contribution is 0.177. The second kappa shape index (κ2) is 4.14. The minimum atomic E-state index is 0.711. The van der Waals surface area contributed by atoms with Crippen molar-refractivity contribution in [1.29, 1.82) is 0 Å². The number of hydrogen-bond donors (Lipinski definition) is 0. The normalized spacial score (nSPS) is 10.1. The van der Waals surface area contributed by atoms with Crippen LogP contribution in [-0.4, -0.2) is 9.94 Å². The van der Waals surface area contributed by atoms with Gasteiger partial charge in [-0.2, -0.15) is 0 Å². The van der Waals surface area contributed by atoms with E-state index in [0.717, 1.165) is 8.95 Å². The van der Waals surface area contributed by atoms with Crippen LogP contribution in [0.15, 0.2) is 45.6 Å². The third-order valence-corrected chi connectivity index (χ3v) is 3.60. The highest BCUT2D eigenvalue weighted by Gasteiger charge is 2.05. The van der Waals surface area contributed by atoms with Crippen molar-refractivity contribution in [3.8, 4) is 5.75 Å². The molecule has 0 atom stereocenters. The first kappa shape index (κ1) is 9.73. The predicted molar refractivity (Wildman–Crippen MR) is 60.1 cm³/mol. The van der Waals surface area contributed by atoms with E-state index in [4.69, 9.17) is 4.84 Å². The van der Waals surface area contributed by atoms with Crippen LogP contribution in [0.1, 0.15) is 0 Å². The first-order valence-electron chi connectivity index (χ1n) is 3.89. The maximum atomic E-state index is 5.46. The zero-order valence-electron chi connectivity index (χ0n) is 7.02. The molecule has 0 fully saturated rings. The fourth-order valence-corrected chi connectivity index (χ4v) is 1.65. The Labute approximate surface area is 97.9 Å². The number of aromatic nitrogens is 2. The molecule has 2 aromatic rings. The Hall–Kier alpha value is -0.810.